The van der Waals surface area contributed by atoms with E-state index in [0.29, 0.717) is 6.04 Å². The molecule has 0 aromatic heterocycles. The molecule has 1 nitrogen and oxygen atoms in total. The van der Waals surface area contributed by atoms with Gasteiger partial charge in [0, 0.05) is 23.1 Å². The van der Waals surface area contributed by atoms with Crippen LogP contribution in [0, 0.1) is 0 Å². The van der Waals surface area contributed by atoms with Crippen LogP contribution in [-0.2, 0) is 0 Å². The summed E-state index contributed by atoms with van der Waals surface area (Å²) in [4.78, 5) is 0. The lowest BCUT2D eigenvalue weighted by molar-refractivity contribution is 0.428. The first-order chi connectivity index (χ1) is 6.24. The van der Waals surface area contributed by atoms with Crippen LogP contribution in [0.2, 0.25) is 0 Å². The maximum absolute atomic E-state index is 3.73. The predicted molar refractivity (Wildman–Crippen MR) is 65.9 cm³/mol. The van der Waals surface area contributed by atoms with Gasteiger partial charge in [-0.05, 0) is 31.8 Å². The van der Waals surface area contributed by atoms with Crippen LogP contribution in [0.1, 0.15) is 26.7 Å². The molecular formula is C10H21NS2. The highest BCUT2D eigenvalue weighted by atomic mass is 32.2. The number of hydrogen-bond acceptors (Lipinski definition) is 3. The molecule has 1 N–H and O–H groups in total. The molecule has 3 unspecified atom stereocenters. The Hall–Kier alpha value is 0.660. The van der Waals surface area contributed by atoms with Crippen LogP contribution in [0.3, 0.4) is 0 Å². The molecule has 1 saturated heterocycles. The van der Waals surface area contributed by atoms with E-state index in [1.165, 1.54) is 24.3 Å². The summed E-state index contributed by atoms with van der Waals surface area (Å²) >= 11 is 4.05. The number of nitrogens with one attached hydrogen (secondary N) is 1. The average Bonchev–Trinajstić information content (AvgIpc) is 2.09. The monoisotopic (exact) mass is 219 g/mol. The Morgan fingerprint density at radius 2 is 2.38 bits per heavy atom. The number of hydrogen-bond donors (Lipinski definition) is 1. The molecule has 3 heteroatoms. The smallest absolute Gasteiger partial charge is 0.0186 e. The zero-order chi connectivity index (χ0) is 9.68. The Morgan fingerprint density at radius 3 is 3.00 bits per heavy atom. The van der Waals surface area contributed by atoms with Crippen molar-refractivity contribution in [2.45, 2.75) is 44.0 Å². The lowest BCUT2D eigenvalue weighted by atomic mass is 10.1. The lowest BCUT2D eigenvalue weighted by Crippen LogP contribution is -2.44. The molecule has 1 aliphatic heterocycles. The van der Waals surface area contributed by atoms with Crippen molar-refractivity contribution in [2.24, 2.45) is 0 Å². The van der Waals surface area contributed by atoms with Crippen molar-refractivity contribution in [3.63, 3.8) is 0 Å². The van der Waals surface area contributed by atoms with E-state index in [1.54, 1.807) is 0 Å². The van der Waals surface area contributed by atoms with Crippen LogP contribution in [0.5, 0.6) is 0 Å². The molecule has 13 heavy (non-hydrogen) atoms. The van der Waals surface area contributed by atoms with E-state index in [9.17, 15) is 0 Å². The molecule has 0 bridgehead atoms. The normalized spacial score (nSPS) is 31.6. The second-order valence-electron chi connectivity index (χ2n) is 3.85. The molecule has 0 aromatic rings. The van der Waals surface area contributed by atoms with E-state index < -0.39 is 0 Å². The second kappa shape index (κ2) is 6.20. The van der Waals surface area contributed by atoms with Crippen LogP contribution in [0.25, 0.3) is 0 Å². The predicted octanol–water partition coefficient (Wildman–Crippen LogP) is 2.61. The summed E-state index contributed by atoms with van der Waals surface area (Å²) < 4.78 is 0. The Bertz CT molecular complexity index is 141. The molecule has 0 spiro atoms. The van der Waals surface area contributed by atoms with Gasteiger partial charge in [-0.2, -0.15) is 23.5 Å². The van der Waals surface area contributed by atoms with Crippen molar-refractivity contribution in [2.75, 3.05) is 17.8 Å². The number of rotatable bonds is 4. The highest BCUT2D eigenvalue weighted by molar-refractivity contribution is 8.00. The summed E-state index contributed by atoms with van der Waals surface area (Å²) in [7, 11) is 0. The third-order valence-corrected chi connectivity index (χ3v) is 4.73. The fraction of sp³-hybridized carbons (Fsp3) is 1.00. The first kappa shape index (κ1) is 11.7. The minimum atomic E-state index is 0.668. The van der Waals surface area contributed by atoms with E-state index in [0.717, 1.165) is 11.3 Å². The number of thioether (sulfide) groups is 2. The van der Waals surface area contributed by atoms with Gasteiger partial charge in [-0.25, -0.2) is 0 Å². The maximum Gasteiger partial charge on any atom is 0.0186 e. The molecule has 0 amide bonds. The summed E-state index contributed by atoms with van der Waals surface area (Å²) in [5.74, 6) is 2.59. The van der Waals surface area contributed by atoms with Gasteiger partial charge in [0.15, 0.2) is 0 Å². The Balaban J connectivity index is 2.25. The maximum atomic E-state index is 3.73. The molecule has 0 aliphatic carbocycles. The van der Waals surface area contributed by atoms with Gasteiger partial charge in [-0.3, -0.25) is 0 Å². The fourth-order valence-corrected chi connectivity index (χ4v) is 3.55. The summed E-state index contributed by atoms with van der Waals surface area (Å²) in [5, 5.41) is 4.53. The zero-order valence-electron chi connectivity index (χ0n) is 8.88. The van der Waals surface area contributed by atoms with E-state index >= 15 is 0 Å². The molecule has 1 rings (SSSR count). The Kier molecular flexibility index (Phi) is 5.60. The fourth-order valence-electron chi connectivity index (χ4n) is 1.81. The largest absolute Gasteiger partial charge is 0.310 e. The third-order valence-electron chi connectivity index (χ3n) is 2.52. The van der Waals surface area contributed by atoms with Crippen LogP contribution in [-0.4, -0.2) is 35.1 Å². The molecule has 1 fully saturated rings. The first-order valence-electron chi connectivity index (χ1n) is 5.10. The van der Waals surface area contributed by atoms with Crippen molar-refractivity contribution in [3.05, 3.63) is 0 Å². The van der Waals surface area contributed by atoms with Gasteiger partial charge in [0.1, 0.15) is 0 Å². The second-order valence-corrected chi connectivity index (χ2v) is 6.24. The van der Waals surface area contributed by atoms with Crippen molar-refractivity contribution < 1.29 is 0 Å². The van der Waals surface area contributed by atoms with Crippen molar-refractivity contribution in [1.29, 1.82) is 0 Å². The van der Waals surface area contributed by atoms with Gasteiger partial charge in [0.25, 0.3) is 0 Å². The lowest BCUT2D eigenvalue weighted by Gasteiger charge is -2.31. The van der Waals surface area contributed by atoms with Crippen molar-refractivity contribution >= 4 is 23.5 Å². The SMILES string of the molecule is CSCC(C)NC1CCCSC1C. The van der Waals surface area contributed by atoms with E-state index in [1.807, 2.05) is 11.8 Å². The summed E-state index contributed by atoms with van der Waals surface area (Å²) in [6.07, 6.45) is 4.93. The molecular weight excluding hydrogens is 198 g/mol. The van der Waals surface area contributed by atoms with Crippen molar-refractivity contribution in [3.8, 4) is 0 Å². The van der Waals surface area contributed by atoms with Gasteiger partial charge in [-0.1, -0.05) is 6.92 Å². The minimum Gasteiger partial charge on any atom is -0.310 e. The first-order valence-corrected chi connectivity index (χ1v) is 7.55. The van der Waals surface area contributed by atoms with E-state index in [2.05, 4.69) is 37.2 Å². The van der Waals surface area contributed by atoms with Crippen LogP contribution in [0.4, 0.5) is 0 Å². The topological polar surface area (TPSA) is 12.0 Å². The van der Waals surface area contributed by atoms with Gasteiger partial charge < -0.3 is 5.32 Å². The highest BCUT2D eigenvalue weighted by Gasteiger charge is 2.22. The molecule has 1 aliphatic rings. The van der Waals surface area contributed by atoms with E-state index in [-0.39, 0.29) is 0 Å². The van der Waals surface area contributed by atoms with Crippen molar-refractivity contribution in [1.82, 2.24) is 5.32 Å². The standard InChI is InChI=1S/C10H21NS2/c1-8(7-12-3)11-10-5-4-6-13-9(10)2/h8-11H,4-7H2,1-3H3. The molecule has 78 valence electrons. The Labute approximate surface area is 90.8 Å². The molecule has 1 heterocycles. The van der Waals surface area contributed by atoms with Crippen LogP contribution >= 0.6 is 23.5 Å². The van der Waals surface area contributed by atoms with Gasteiger partial charge in [0.2, 0.25) is 0 Å². The quantitative estimate of drug-likeness (QED) is 0.780. The van der Waals surface area contributed by atoms with Gasteiger partial charge in [-0.15, -0.1) is 0 Å². The molecule has 3 atom stereocenters. The van der Waals surface area contributed by atoms with Crippen LogP contribution in [0.15, 0.2) is 0 Å². The van der Waals surface area contributed by atoms with Gasteiger partial charge >= 0.3 is 0 Å². The molecule has 0 saturated carbocycles. The highest BCUT2D eigenvalue weighted by Crippen LogP contribution is 2.25. The third kappa shape index (κ3) is 4.13. The van der Waals surface area contributed by atoms with Crippen LogP contribution < -0.4 is 5.32 Å². The van der Waals surface area contributed by atoms with E-state index in [4.69, 9.17) is 0 Å². The summed E-state index contributed by atoms with van der Waals surface area (Å²) in [5.41, 5.74) is 0. The average molecular weight is 219 g/mol. The van der Waals surface area contributed by atoms with Gasteiger partial charge in [0.05, 0.1) is 0 Å². The summed E-state index contributed by atoms with van der Waals surface area (Å²) in [6, 6.07) is 1.42. The summed E-state index contributed by atoms with van der Waals surface area (Å²) in [6.45, 7) is 4.65. The zero-order valence-corrected chi connectivity index (χ0v) is 10.5. The Morgan fingerprint density at radius 1 is 1.62 bits per heavy atom. The molecule has 0 radical (unpaired) electrons. The molecule has 0 aromatic carbocycles. The minimum absolute atomic E-state index is 0.668.